The predicted octanol–water partition coefficient (Wildman–Crippen LogP) is 2.46. The van der Waals surface area contributed by atoms with Gasteiger partial charge in [0.2, 0.25) is 0 Å². The highest BCUT2D eigenvalue weighted by molar-refractivity contribution is 7.13. The third-order valence-corrected chi connectivity index (χ3v) is 4.13. The minimum Gasteiger partial charge on any atom is -0.477 e. The highest BCUT2D eigenvalue weighted by Gasteiger charge is 2.42. The zero-order chi connectivity index (χ0) is 10.3. The molecule has 0 radical (unpaired) electrons. The molecule has 0 amide bonds. The quantitative estimate of drug-likeness (QED) is 0.835. The Balaban J connectivity index is 2.41. The molecule has 76 valence electrons. The van der Waals surface area contributed by atoms with Gasteiger partial charge in [-0.15, -0.1) is 11.3 Å². The third kappa shape index (κ3) is 1.43. The van der Waals surface area contributed by atoms with Crippen LogP contribution >= 0.6 is 11.3 Å². The van der Waals surface area contributed by atoms with Gasteiger partial charge in [0.1, 0.15) is 4.88 Å². The van der Waals surface area contributed by atoms with Crippen molar-refractivity contribution in [1.82, 2.24) is 4.98 Å². The summed E-state index contributed by atoms with van der Waals surface area (Å²) in [6, 6.07) is 0. The summed E-state index contributed by atoms with van der Waals surface area (Å²) in [5.74, 6) is -0.838. The maximum absolute atomic E-state index is 10.9. The Kier molecular flexibility index (Phi) is 2.10. The van der Waals surface area contributed by atoms with E-state index in [-0.39, 0.29) is 5.41 Å². The number of hydrogen-bond donors (Lipinski definition) is 1. The van der Waals surface area contributed by atoms with Gasteiger partial charge in [-0.3, -0.25) is 0 Å². The van der Waals surface area contributed by atoms with Crippen LogP contribution in [0.15, 0.2) is 0 Å². The summed E-state index contributed by atoms with van der Waals surface area (Å²) in [5.41, 5.74) is 0.924. The van der Waals surface area contributed by atoms with Crippen LogP contribution in [0.4, 0.5) is 0 Å². The SMILES string of the molecule is CCc1nc(C2(C)CC2)sc1C(=O)O. The molecule has 1 aromatic heterocycles. The van der Waals surface area contributed by atoms with Crippen molar-refractivity contribution in [3.63, 3.8) is 0 Å². The van der Waals surface area contributed by atoms with Gasteiger partial charge < -0.3 is 5.11 Å². The van der Waals surface area contributed by atoms with E-state index in [9.17, 15) is 4.79 Å². The van der Waals surface area contributed by atoms with E-state index in [4.69, 9.17) is 5.11 Å². The highest BCUT2D eigenvalue weighted by atomic mass is 32.1. The third-order valence-electron chi connectivity index (χ3n) is 2.74. The molecule has 2 rings (SSSR count). The smallest absolute Gasteiger partial charge is 0.347 e. The molecule has 4 heteroatoms. The lowest BCUT2D eigenvalue weighted by Crippen LogP contribution is -1.99. The number of aromatic carboxylic acids is 1. The molecule has 0 saturated heterocycles. The normalized spacial score (nSPS) is 18.1. The van der Waals surface area contributed by atoms with Crippen molar-refractivity contribution in [3.8, 4) is 0 Å². The summed E-state index contributed by atoms with van der Waals surface area (Å²) < 4.78 is 0. The topological polar surface area (TPSA) is 50.2 Å². The van der Waals surface area contributed by atoms with Crippen LogP contribution in [0.5, 0.6) is 0 Å². The number of aryl methyl sites for hydroxylation is 1. The highest BCUT2D eigenvalue weighted by Crippen LogP contribution is 2.49. The summed E-state index contributed by atoms with van der Waals surface area (Å²) in [7, 11) is 0. The number of nitrogens with zero attached hydrogens (tertiary/aromatic N) is 1. The lowest BCUT2D eigenvalue weighted by atomic mass is 10.2. The molecule has 0 aliphatic heterocycles. The minimum absolute atomic E-state index is 0.183. The van der Waals surface area contributed by atoms with Crippen LogP contribution < -0.4 is 0 Å². The molecule has 1 N–H and O–H groups in total. The molecular formula is C10H13NO2S. The van der Waals surface area contributed by atoms with Gasteiger partial charge in [0, 0.05) is 5.41 Å². The Morgan fingerprint density at radius 1 is 1.64 bits per heavy atom. The molecule has 1 aliphatic carbocycles. The molecule has 0 aromatic carbocycles. The summed E-state index contributed by atoms with van der Waals surface area (Å²) in [6.07, 6.45) is 2.99. The van der Waals surface area contributed by atoms with Crippen LogP contribution in [0.3, 0.4) is 0 Å². The fourth-order valence-electron chi connectivity index (χ4n) is 1.42. The standard InChI is InChI=1S/C10H13NO2S/c1-3-6-7(8(12)13)14-9(11-6)10(2)4-5-10/h3-5H2,1-2H3,(H,12,13). The first kappa shape index (κ1) is 9.65. The van der Waals surface area contributed by atoms with Gasteiger partial charge in [-0.25, -0.2) is 9.78 Å². The molecule has 0 atom stereocenters. The van der Waals surface area contributed by atoms with Gasteiger partial charge >= 0.3 is 5.97 Å². The maximum atomic E-state index is 10.9. The van der Waals surface area contributed by atoms with Gasteiger partial charge in [0.15, 0.2) is 0 Å². The van der Waals surface area contributed by atoms with Crippen molar-refractivity contribution in [3.05, 3.63) is 15.6 Å². The van der Waals surface area contributed by atoms with E-state index in [1.54, 1.807) is 0 Å². The van der Waals surface area contributed by atoms with Crippen LogP contribution in [-0.4, -0.2) is 16.1 Å². The summed E-state index contributed by atoms with van der Waals surface area (Å²) in [4.78, 5) is 15.8. The Morgan fingerprint density at radius 3 is 2.64 bits per heavy atom. The zero-order valence-corrected chi connectivity index (χ0v) is 9.15. The molecule has 0 unspecified atom stereocenters. The Hall–Kier alpha value is -0.900. The number of hydrogen-bond acceptors (Lipinski definition) is 3. The van der Waals surface area contributed by atoms with Gasteiger partial charge in [0.05, 0.1) is 10.7 Å². The lowest BCUT2D eigenvalue weighted by Gasteiger charge is -2.00. The number of rotatable bonds is 3. The van der Waals surface area contributed by atoms with E-state index >= 15 is 0 Å². The van der Waals surface area contributed by atoms with Crippen molar-refractivity contribution >= 4 is 17.3 Å². The second-order valence-corrected chi connectivity index (χ2v) is 5.01. The van der Waals surface area contributed by atoms with E-state index in [2.05, 4.69) is 11.9 Å². The van der Waals surface area contributed by atoms with Crippen LogP contribution in [0, 0.1) is 0 Å². The average molecular weight is 211 g/mol. The van der Waals surface area contributed by atoms with E-state index in [0.717, 1.165) is 23.5 Å². The van der Waals surface area contributed by atoms with Crippen LogP contribution in [-0.2, 0) is 11.8 Å². The van der Waals surface area contributed by atoms with Crippen molar-refractivity contribution in [2.45, 2.75) is 38.5 Å². The summed E-state index contributed by atoms with van der Waals surface area (Å²) in [5, 5.41) is 9.97. The lowest BCUT2D eigenvalue weighted by molar-refractivity contribution is 0.0701. The van der Waals surface area contributed by atoms with Crippen LogP contribution in [0.2, 0.25) is 0 Å². The average Bonchev–Trinajstić information content (AvgIpc) is 2.74. The number of carboxylic acids is 1. The molecule has 1 saturated carbocycles. The van der Waals surface area contributed by atoms with Gasteiger partial charge in [-0.1, -0.05) is 13.8 Å². The predicted molar refractivity (Wildman–Crippen MR) is 55.0 cm³/mol. The minimum atomic E-state index is -0.838. The van der Waals surface area contributed by atoms with Crippen molar-refractivity contribution < 1.29 is 9.90 Å². The maximum Gasteiger partial charge on any atom is 0.347 e. The summed E-state index contributed by atoms with van der Waals surface area (Å²) in [6.45, 7) is 4.09. The molecule has 0 bridgehead atoms. The Morgan fingerprint density at radius 2 is 2.29 bits per heavy atom. The summed E-state index contributed by atoms with van der Waals surface area (Å²) >= 11 is 1.35. The van der Waals surface area contributed by atoms with E-state index < -0.39 is 5.97 Å². The van der Waals surface area contributed by atoms with Crippen molar-refractivity contribution in [2.75, 3.05) is 0 Å². The fraction of sp³-hybridized carbons (Fsp3) is 0.600. The van der Waals surface area contributed by atoms with Crippen LogP contribution in [0.25, 0.3) is 0 Å². The molecule has 1 aliphatic rings. The monoisotopic (exact) mass is 211 g/mol. The zero-order valence-electron chi connectivity index (χ0n) is 8.33. The van der Waals surface area contributed by atoms with Gasteiger partial charge in [-0.05, 0) is 19.3 Å². The van der Waals surface area contributed by atoms with Crippen LogP contribution in [0.1, 0.15) is 47.1 Å². The van der Waals surface area contributed by atoms with E-state index in [1.807, 2.05) is 6.92 Å². The Labute approximate surface area is 86.8 Å². The number of carbonyl (C=O) groups is 1. The first-order valence-corrected chi connectivity index (χ1v) is 5.62. The second kappa shape index (κ2) is 3.05. The molecule has 0 spiro atoms. The molecule has 1 heterocycles. The first-order valence-electron chi connectivity index (χ1n) is 4.80. The molecule has 14 heavy (non-hydrogen) atoms. The van der Waals surface area contributed by atoms with Crippen molar-refractivity contribution in [2.24, 2.45) is 0 Å². The largest absolute Gasteiger partial charge is 0.477 e. The molecule has 1 aromatic rings. The number of thiazole rings is 1. The van der Waals surface area contributed by atoms with Crippen molar-refractivity contribution in [1.29, 1.82) is 0 Å². The first-order chi connectivity index (χ1) is 6.57. The number of carboxylic acid groups (broad SMARTS) is 1. The van der Waals surface area contributed by atoms with Gasteiger partial charge in [0.25, 0.3) is 0 Å². The Bertz CT molecular complexity index is 379. The number of aromatic nitrogens is 1. The second-order valence-electron chi connectivity index (χ2n) is 4.01. The fourth-order valence-corrected chi connectivity index (χ4v) is 2.61. The van der Waals surface area contributed by atoms with E-state index in [0.29, 0.717) is 11.3 Å². The van der Waals surface area contributed by atoms with E-state index in [1.165, 1.54) is 11.3 Å². The molecule has 1 fully saturated rings. The molecule has 3 nitrogen and oxygen atoms in total. The van der Waals surface area contributed by atoms with Gasteiger partial charge in [-0.2, -0.15) is 0 Å². The molecular weight excluding hydrogens is 198 g/mol.